The molecule has 0 saturated heterocycles. The molecular weight excluding hydrogens is 435 g/mol. The van der Waals surface area contributed by atoms with E-state index in [4.69, 9.17) is 21.1 Å². The van der Waals surface area contributed by atoms with Gasteiger partial charge in [-0.15, -0.1) is 0 Å². The zero-order chi connectivity index (χ0) is 21.9. The molecule has 0 unspecified atom stereocenters. The number of benzene rings is 1. The van der Waals surface area contributed by atoms with Gasteiger partial charge in [0.1, 0.15) is 16.6 Å². The Morgan fingerprint density at radius 2 is 2.07 bits per heavy atom. The number of halogens is 2. The Hall–Kier alpha value is -2.39. The SMILES string of the molecule is COc1cc(C(=O)NS(C)(=O)=O)c(F)cc1-c1cnc(OCCC2CCC2)c(Cl)c1. The fourth-order valence-corrected chi connectivity index (χ4v) is 3.80. The van der Waals surface area contributed by atoms with E-state index in [0.717, 1.165) is 24.8 Å². The van der Waals surface area contributed by atoms with Crippen LogP contribution in [-0.4, -0.2) is 39.3 Å². The second-order valence-corrected chi connectivity index (χ2v) is 9.34. The van der Waals surface area contributed by atoms with Gasteiger partial charge in [0.15, 0.2) is 0 Å². The van der Waals surface area contributed by atoms with E-state index >= 15 is 0 Å². The van der Waals surface area contributed by atoms with E-state index in [9.17, 15) is 17.6 Å². The van der Waals surface area contributed by atoms with E-state index < -0.39 is 27.3 Å². The summed E-state index contributed by atoms with van der Waals surface area (Å²) in [5.74, 6) is -0.848. The zero-order valence-electron chi connectivity index (χ0n) is 16.6. The topological polar surface area (TPSA) is 94.6 Å². The number of hydrogen-bond donors (Lipinski definition) is 1. The van der Waals surface area contributed by atoms with Crippen molar-refractivity contribution in [1.82, 2.24) is 9.71 Å². The standard InChI is InChI=1S/C20H22ClFN2O5S/c1-28-18-10-15(19(25)24-30(2,26)27)17(22)9-14(18)13-8-16(21)20(23-11-13)29-7-6-12-4-3-5-12/h8-12H,3-7H2,1-2H3,(H,24,25). The smallest absolute Gasteiger partial charge is 0.267 e. The van der Waals surface area contributed by atoms with Crippen molar-refractivity contribution in [2.45, 2.75) is 25.7 Å². The van der Waals surface area contributed by atoms with Crippen molar-refractivity contribution in [2.75, 3.05) is 20.0 Å². The molecule has 0 radical (unpaired) electrons. The van der Waals surface area contributed by atoms with Crippen molar-refractivity contribution < 1.29 is 27.1 Å². The number of carbonyl (C=O) groups excluding carboxylic acids is 1. The minimum Gasteiger partial charge on any atom is -0.496 e. The Morgan fingerprint density at radius 3 is 2.63 bits per heavy atom. The molecule has 10 heteroatoms. The number of methoxy groups -OCH3 is 1. The van der Waals surface area contributed by atoms with E-state index in [-0.39, 0.29) is 10.8 Å². The highest BCUT2D eigenvalue weighted by Crippen LogP contribution is 2.36. The molecule has 3 rings (SSSR count). The maximum Gasteiger partial charge on any atom is 0.267 e. The molecule has 1 aromatic heterocycles. The van der Waals surface area contributed by atoms with Crippen LogP contribution >= 0.6 is 11.6 Å². The van der Waals surface area contributed by atoms with Gasteiger partial charge in [-0.25, -0.2) is 22.5 Å². The molecule has 1 fully saturated rings. The highest BCUT2D eigenvalue weighted by atomic mass is 35.5. The lowest BCUT2D eigenvalue weighted by atomic mass is 9.83. The molecule has 1 aliphatic rings. The van der Waals surface area contributed by atoms with Crippen LogP contribution < -0.4 is 14.2 Å². The van der Waals surface area contributed by atoms with Gasteiger partial charge in [0.25, 0.3) is 5.91 Å². The van der Waals surface area contributed by atoms with Gasteiger partial charge in [-0.3, -0.25) is 4.79 Å². The van der Waals surface area contributed by atoms with Gasteiger partial charge < -0.3 is 9.47 Å². The fourth-order valence-electron chi connectivity index (χ4n) is 3.13. The molecule has 1 N–H and O–H groups in total. The Morgan fingerprint density at radius 1 is 1.33 bits per heavy atom. The van der Waals surface area contributed by atoms with Gasteiger partial charge in [-0.2, -0.15) is 0 Å². The lowest BCUT2D eigenvalue weighted by Crippen LogP contribution is -2.30. The monoisotopic (exact) mass is 456 g/mol. The number of hydrogen-bond acceptors (Lipinski definition) is 6. The average Bonchev–Trinajstić information content (AvgIpc) is 2.63. The third-order valence-electron chi connectivity index (χ3n) is 4.92. The molecule has 0 spiro atoms. The number of carbonyl (C=O) groups is 1. The van der Waals surface area contributed by atoms with E-state index in [1.807, 2.05) is 0 Å². The first kappa shape index (κ1) is 22.3. The summed E-state index contributed by atoms with van der Waals surface area (Å²) in [6, 6.07) is 3.77. The summed E-state index contributed by atoms with van der Waals surface area (Å²) in [4.78, 5) is 16.2. The number of pyridine rings is 1. The lowest BCUT2D eigenvalue weighted by Gasteiger charge is -2.24. The molecule has 1 aliphatic carbocycles. The maximum atomic E-state index is 14.5. The zero-order valence-corrected chi connectivity index (χ0v) is 18.1. The number of rotatable bonds is 8. The first-order chi connectivity index (χ1) is 14.2. The van der Waals surface area contributed by atoms with Crippen LogP contribution in [-0.2, 0) is 10.0 Å². The predicted molar refractivity (Wildman–Crippen MR) is 111 cm³/mol. The van der Waals surface area contributed by atoms with Crippen molar-refractivity contribution in [3.8, 4) is 22.8 Å². The van der Waals surface area contributed by atoms with E-state index in [0.29, 0.717) is 29.5 Å². The summed E-state index contributed by atoms with van der Waals surface area (Å²) in [6.45, 7) is 0.527. The van der Waals surface area contributed by atoms with Crippen molar-refractivity contribution in [3.63, 3.8) is 0 Å². The summed E-state index contributed by atoms with van der Waals surface area (Å²) < 4.78 is 49.7. The van der Waals surface area contributed by atoms with Crippen LogP contribution in [0.1, 0.15) is 36.0 Å². The number of ether oxygens (including phenoxy) is 2. The van der Waals surface area contributed by atoms with Crippen LogP contribution in [0.2, 0.25) is 5.02 Å². The summed E-state index contributed by atoms with van der Waals surface area (Å²) in [5, 5.41) is 0.266. The summed E-state index contributed by atoms with van der Waals surface area (Å²) in [6.07, 6.45) is 6.96. The van der Waals surface area contributed by atoms with Crippen molar-refractivity contribution in [1.29, 1.82) is 0 Å². The van der Waals surface area contributed by atoms with E-state index in [1.54, 1.807) is 10.8 Å². The van der Waals surface area contributed by atoms with Crippen LogP contribution in [0.5, 0.6) is 11.6 Å². The molecule has 2 aromatic rings. The second kappa shape index (κ2) is 9.18. The van der Waals surface area contributed by atoms with E-state index in [1.165, 1.54) is 32.6 Å². The molecule has 1 amide bonds. The second-order valence-electron chi connectivity index (χ2n) is 7.18. The average molecular weight is 457 g/mol. The number of nitrogens with one attached hydrogen (secondary N) is 1. The molecule has 0 atom stereocenters. The molecule has 0 aliphatic heterocycles. The lowest BCUT2D eigenvalue weighted by molar-refractivity contribution is 0.0977. The highest BCUT2D eigenvalue weighted by molar-refractivity contribution is 7.89. The van der Waals surface area contributed by atoms with Crippen molar-refractivity contribution >= 4 is 27.5 Å². The van der Waals surface area contributed by atoms with Gasteiger partial charge in [0.05, 0.1) is 25.5 Å². The minimum absolute atomic E-state index is 0.159. The normalized spacial score (nSPS) is 14.1. The van der Waals surface area contributed by atoms with Crippen LogP contribution in [0.3, 0.4) is 0 Å². The summed E-state index contributed by atoms with van der Waals surface area (Å²) >= 11 is 6.28. The Bertz CT molecular complexity index is 1060. The number of sulfonamides is 1. The van der Waals surface area contributed by atoms with Crippen molar-refractivity contribution in [2.24, 2.45) is 5.92 Å². The highest BCUT2D eigenvalue weighted by Gasteiger charge is 2.21. The molecular formula is C20H22ClFN2O5S. The van der Waals surface area contributed by atoms with Gasteiger partial charge in [0.2, 0.25) is 15.9 Å². The minimum atomic E-state index is -3.84. The Labute approximate surface area is 179 Å². The molecule has 1 saturated carbocycles. The predicted octanol–water partition coefficient (Wildman–Crippen LogP) is 3.81. The van der Waals surface area contributed by atoms with Crippen molar-refractivity contribution in [3.05, 3.63) is 40.8 Å². The molecule has 7 nitrogen and oxygen atoms in total. The molecule has 1 heterocycles. The van der Waals surface area contributed by atoms with Gasteiger partial charge in [0, 0.05) is 17.3 Å². The van der Waals surface area contributed by atoms with Gasteiger partial charge >= 0.3 is 0 Å². The van der Waals surface area contributed by atoms with Crippen LogP contribution in [0, 0.1) is 11.7 Å². The summed E-state index contributed by atoms with van der Waals surface area (Å²) in [7, 11) is -2.49. The number of aromatic nitrogens is 1. The largest absolute Gasteiger partial charge is 0.496 e. The third kappa shape index (κ3) is 5.40. The molecule has 162 valence electrons. The fraction of sp³-hybridized carbons (Fsp3) is 0.400. The third-order valence-corrected chi connectivity index (χ3v) is 5.75. The first-order valence-corrected chi connectivity index (χ1v) is 11.6. The van der Waals surface area contributed by atoms with Crippen LogP contribution in [0.25, 0.3) is 11.1 Å². The Balaban J connectivity index is 1.82. The van der Waals surface area contributed by atoms with Crippen LogP contribution in [0.15, 0.2) is 24.4 Å². The first-order valence-electron chi connectivity index (χ1n) is 9.36. The summed E-state index contributed by atoms with van der Waals surface area (Å²) in [5.41, 5.74) is 0.300. The van der Waals surface area contributed by atoms with Crippen LogP contribution in [0.4, 0.5) is 4.39 Å². The van der Waals surface area contributed by atoms with Gasteiger partial charge in [-0.1, -0.05) is 30.9 Å². The quantitative estimate of drug-likeness (QED) is 0.649. The van der Waals surface area contributed by atoms with E-state index in [2.05, 4.69) is 4.98 Å². The molecule has 30 heavy (non-hydrogen) atoms. The Kier molecular flexibility index (Phi) is 6.82. The number of nitrogens with zero attached hydrogens (tertiary/aromatic N) is 1. The van der Waals surface area contributed by atoms with Gasteiger partial charge in [-0.05, 0) is 30.5 Å². The molecule has 1 aromatic carbocycles. The molecule has 0 bridgehead atoms. The maximum absolute atomic E-state index is 14.5. The number of amides is 1.